The quantitative estimate of drug-likeness (QED) is 0.918. The van der Waals surface area contributed by atoms with Gasteiger partial charge in [-0.05, 0) is 51.6 Å². The average Bonchev–Trinajstić information content (AvgIpc) is 3.30. The number of likely N-dealkylation sites (tertiary alicyclic amines) is 2. The van der Waals surface area contributed by atoms with E-state index in [1.54, 1.807) is 11.3 Å². The summed E-state index contributed by atoms with van der Waals surface area (Å²) in [6, 6.07) is 0.490. The molecule has 0 spiro atoms. The largest absolute Gasteiger partial charge is 0.331 e. The van der Waals surface area contributed by atoms with Crippen molar-refractivity contribution in [1.82, 2.24) is 25.3 Å². The molecule has 3 aliphatic rings. The maximum absolute atomic E-state index is 12.6. The highest BCUT2D eigenvalue weighted by atomic mass is 32.1. The summed E-state index contributed by atoms with van der Waals surface area (Å²) in [5.41, 5.74) is 0. The number of piperidine rings is 2. The van der Waals surface area contributed by atoms with Crippen LogP contribution in [0.5, 0.6) is 0 Å². The molecule has 2 atom stereocenters. The summed E-state index contributed by atoms with van der Waals surface area (Å²) in [6.07, 6.45) is 5.95. The molecule has 2 aliphatic heterocycles. The summed E-state index contributed by atoms with van der Waals surface area (Å²) in [5, 5.41) is 13.6. The van der Waals surface area contributed by atoms with Crippen LogP contribution in [-0.2, 0) is 6.54 Å². The third-order valence-electron chi connectivity index (χ3n) is 5.33. The molecule has 1 aromatic heterocycles. The van der Waals surface area contributed by atoms with Gasteiger partial charge in [-0.15, -0.1) is 10.2 Å². The molecule has 4 rings (SSSR count). The van der Waals surface area contributed by atoms with Crippen LogP contribution < -0.4 is 5.32 Å². The van der Waals surface area contributed by atoms with Gasteiger partial charge >= 0.3 is 6.03 Å². The standard InChI is InChI=1S/C16H25N5OS/c1-20-8-6-13-12(10-20)3-2-7-21(13)16(22)17-9-14-18-19-15(23-14)11-4-5-11/h11-13H,2-10H2,1H3,(H,17,22). The fraction of sp³-hybridized carbons (Fsp3) is 0.812. The van der Waals surface area contributed by atoms with E-state index in [2.05, 4.69) is 32.4 Å². The third kappa shape index (κ3) is 3.35. The minimum Gasteiger partial charge on any atom is -0.331 e. The van der Waals surface area contributed by atoms with Gasteiger partial charge in [0.1, 0.15) is 10.0 Å². The zero-order chi connectivity index (χ0) is 15.8. The minimum absolute atomic E-state index is 0.0763. The van der Waals surface area contributed by atoms with E-state index in [4.69, 9.17) is 0 Å². The Hall–Kier alpha value is -1.21. The van der Waals surface area contributed by atoms with Crippen molar-refractivity contribution in [3.63, 3.8) is 0 Å². The van der Waals surface area contributed by atoms with Gasteiger partial charge < -0.3 is 15.1 Å². The van der Waals surface area contributed by atoms with Gasteiger partial charge in [0, 0.05) is 25.0 Å². The van der Waals surface area contributed by atoms with Crippen molar-refractivity contribution in [2.45, 2.75) is 50.6 Å². The van der Waals surface area contributed by atoms with Crippen LogP contribution in [0.2, 0.25) is 0 Å². The Morgan fingerprint density at radius 1 is 1.26 bits per heavy atom. The summed E-state index contributed by atoms with van der Waals surface area (Å²) in [5.74, 6) is 1.27. The molecule has 7 heteroatoms. The van der Waals surface area contributed by atoms with Crippen molar-refractivity contribution in [2.24, 2.45) is 5.92 Å². The Balaban J connectivity index is 1.34. The van der Waals surface area contributed by atoms with Gasteiger partial charge in [-0.2, -0.15) is 0 Å². The third-order valence-corrected chi connectivity index (χ3v) is 6.42. The number of hydrogen-bond donors (Lipinski definition) is 1. The Bertz CT molecular complexity index is 573. The lowest BCUT2D eigenvalue weighted by Crippen LogP contribution is -2.57. The van der Waals surface area contributed by atoms with Crippen LogP contribution in [-0.4, -0.2) is 58.8 Å². The number of rotatable bonds is 3. The van der Waals surface area contributed by atoms with Gasteiger partial charge in [0.05, 0.1) is 6.54 Å². The molecule has 0 aromatic carbocycles. The molecule has 1 aromatic rings. The number of carbonyl (C=O) groups excluding carboxylic acids is 1. The Kier molecular flexibility index (Phi) is 4.24. The van der Waals surface area contributed by atoms with Gasteiger partial charge in [-0.3, -0.25) is 0 Å². The monoisotopic (exact) mass is 335 g/mol. The fourth-order valence-electron chi connectivity index (χ4n) is 3.92. The molecule has 2 saturated heterocycles. The maximum Gasteiger partial charge on any atom is 0.318 e. The van der Waals surface area contributed by atoms with Crippen molar-refractivity contribution >= 4 is 17.4 Å². The van der Waals surface area contributed by atoms with Crippen molar-refractivity contribution in [1.29, 1.82) is 0 Å². The van der Waals surface area contributed by atoms with Gasteiger partial charge in [0.2, 0.25) is 0 Å². The number of fused-ring (bicyclic) bond motifs is 1. The van der Waals surface area contributed by atoms with E-state index >= 15 is 0 Å². The van der Waals surface area contributed by atoms with Crippen molar-refractivity contribution in [2.75, 3.05) is 26.7 Å². The molecule has 0 bridgehead atoms. The molecule has 2 amide bonds. The lowest BCUT2D eigenvalue weighted by atomic mass is 9.84. The molecule has 126 valence electrons. The molecule has 6 nitrogen and oxygen atoms in total. The number of amides is 2. The van der Waals surface area contributed by atoms with Crippen LogP contribution in [0.15, 0.2) is 0 Å². The van der Waals surface area contributed by atoms with Gasteiger partial charge in [0.15, 0.2) is 0 Å². The van der Waals surface area contributed by atoms with E-state index in [1.807, 2.05) is 0 Å². The number of urea groups is 1. The maximum atomic E-state index is 12.6. The van der Waals surface area contributed by atoms with E-state index in [0.29, 0.717) is 24.4 Å². The van der Waals surface area contributed by atoms with Crippen LogP contribution in [0.3, 0.4) is 0 Å². The van der Waals surface area contributed by atoms with E-state index in [1.165, 1.54) is 19.3 Å². The highest BCUT2D eigenvalue weighted by molar-refractivity contribution is 7.11. The zero-order valence-corrected chi connectivity index (χ0v) is 14.5. The van der Waals surface area contributed by atoms with Crippen LogP contribution in [0, 0.1) is 5.92 Å². The smallest absolute Gasteiger partial charge is 0.318 e. The zero-order valence-electron chi connectivity index (χ0n) is 13.7. The molecule has 1 aliphatic carbocycles. The number of nitrogens with zero attached hydrogens (tertiary/aromatic N) is 4. The van der Waals surface area contributed by atoms with Gasteiger partial charge in [-0.1, -0.05) is 11.3 Å². The first-order valence-electron chi connectivity index (χ1n) is 8.76. The van der Waals surface area contributed by atoms with Gasteiger partial charge in [0.25, 0.3) is 0 Å². The second-order valence-corrected chi connectivity index (χ2v) is 8.27. The lowest BCUT2D eigenvalue weighted by molar-refractivity contribution is 0.0532. The predicted molar refractivity (Wildman–Crippen MR) is 89.5 cm³/mol. The van der Waals surface area contributed by atoms with Crippen molar-refractivity contribution in [3.8, 4) is 0 Å². The Morgan fingerprint density at radius 3 is 2.96 bits per heavy atom. The Morgan fingerprint density at radius 2 is 2.13 bits per heavy atom. The topological polar surface area (TPSA) is 61.4 Å². The summed E-state index contributed by atoms with van der Waals surface area (Å²) < 4.78 is 0. The predicted octanol–water partition coefficient (Wildman–Crippen LogP) is 2.04. The van der Waals surface area contributed by atoms with Crippen LogP contribution in [0.25, 0.3) is 0 Å². The second kappa shape index (κ2) is 6.36. The van der Waals surface area contributed by atoms with Gasteiger partial charge in [-0.25, -0.2) is 4.79 Å². The second-order valence-electron chi connectivity index (χ2n) is 7.18. The highest BCUT2D eigenvalue weighted by Crippen LogP contribution is 2.41. The molecular formula is C16H25N5OS. The van der Waals surface area contributed by atoms with Crippen molar-refractivity contribution < 1.29 is 4.79 Å². The molecule has 23 heavy (non-hydrogen) atoms. The molecule has 3 heterocycles. The molecular weight excluding hydrogens is 310 g/mol. The summed E-state index contributed by atoms with van der Waals surface area (Å²) in [4.78, 5) is 17.1. The minimum atomic E-state index is 0.0763. The van der Waals surface area contributed by atoms with Crippen LogP contribution in [0.4, 0.5) is 4.79 Å². The molecule has 0 radical (unpaired) electrons. The number of nitrogens with one attached hydrogen (secondary N) is 1. The van der Waals surface area contributed by atoms with E-state index in [9.17, 15) is 4.79 Å². The summed E-state index contributed by atoms with van der Waals surface area (Å²) in [7, 11) is 2.18. The molecule has 2 unspecified atom stereocenters. The highest BCUT2D eigenvalue weighted by Gasteiger charge is 2.37. The first-order chi connectivity index (χ1) is 11.2. The fourth-order valence-corrected chi connectivity index (χ4v) is 4.87. The lowest BCUT2D eigenvalue weighted by Gasteiger charge is -2.46. The van der Waals surface area contributed by atoms with Crippen LogP contribution >= 0.6 is 11.3 Å². The molecule has 3 fully saturated rings. The van der Waals surface area contributed by atoms with E-state index < -0.39 is 0 Å². The van der Waals surface area contributed by atoms with Crippen molar-refractivity contribution in [3.05, 3.63) is 10.0 Å². The number of carbonyl (C=O) groups is 1. The number of aromatic nitrogens is 2. The number of hydrogen-bond acceptors (Lipinski definition) is 5. The SMILES string of the molecule is CN1CCC2C(CCCN2C(=O)NCc2nnc(C3CC3)s2)C1. The van der Waals surface area contributed by atoms with Crippen LogP contribution in [0.1, 0.15) is 48.0 Å². The van der Waals surface area contributed by atoms with E-state index in [-0.39, 0.29) is 6.03 Å². The Labute approximate surface area is 141 Å². The molecule has 1 N–H and O–H groups in total. The summed E-state index contributed by atoms with van der Waals surface area (Å²) >= 11 is 1.65. The summed E-state index contributed by atoms with van der Waals surface area (Å²) in [6.45, 7) is 3.61. The first-order valence-corrected chi connectivity index (χ1v) is 9.57. The molecule has 1 saturated carbocycles. The normalized spacial score (nSPS) is 28.5. The average molecular weight is 335 g/mol. The van der Waals surface area contributed by atoms with E-state index in [0.717, 1.165) is 42.5 Å². The first kappa shape index (κ1) is 15.3.